The molecule has 0 saturated carbocycles. The fourth-order valence-electron chi connectivity index (χ4n) is 2.36. The molecule has 0 aromatic carbocycles. The van der Waals surface area contributed by atoms with E-state index in [9.17, 15) is 14.1 Å². The predicted octanol–water partition coefficient (Wildman–Crippen LogP) is -0.786. The summed E-state index contributed by atoms with van der Waals surface area (Å²) >= 11 is 4.16. The smallest absolute Gasteiger partial charge is 0.387 e. The number of nitrogen functional groups attached to an aromatic ring is 1. The average molecular weight is 381 g/mol. The molecule has 1 aliphatic rings. The number of hydrogen-bond acceptors (Lipinski definition) is 9. The standard InChI is InChI=1S/C10H13FN5O6PS/c11-10-14-7(12)4-8(15-10)16(2-13-4)9-5(17)6(24)3(22-9)1-21-23(18,19)20/h2-3,5-6,9,17,24H,1H2,(H2,12,14,15)(H2,18,19,20)/t3-,5+,6-,9-/m1/s1. The second kappa shape index (κ2) is 6.19. The number of imidazole rings is 1. The molecule has 132 valence electrons. The van der Waals surface area contributed by atoms with Crippen LogP contribution in [0.5, 0.6) is 0 Å². The zero-order valence-electron chi connectivity index (χ0n) is 11.8. The van der Waals surface area contributed by atoms with Gasteiger partial charge in [-0.25, -0.2) is 9.55 Å². The number of anilines is 1. The van der Waals surface area contributed by atoms with E-state index in [4.69, 9.17) is 20.3 Å². The monoisotopic (exact) mass is 381 g/mol. The van der Waals surface area contributed by atoms with Crippen LogP contribution in [0.2, 0.25) is 0 Å². The van der Waals surface area contributed by atoms with Crippen LogP contribution >= 0.6 is 20.5 Å². The maximum Gasteiger partial charge on any atom is 0.469 e. The SMILES string of the molecule is Nc1nc(F)nc2c1ncn2[C@@H]1O[C@H](COP(=O)(O)O)[C@@H](S)[C@@H]1O. The molecule has 24 heavy (non-hydrogen) atoms. The molecule has 3 heterocycles. The zero-order valence-corrected chi connectivity index (χ0v) is 13.6. The summed E-state index contributed by atoms with van der Waals surface area (Å²) in [5.74, 6) is -0.174. The van der Waals surface area contributed by atoms with Crippen molar-refractivity contribution in [3.05, 3.63) is 12.4 Å². The number of halogens is 1. The third-order valence-corrected chi connectivity index (χ3v) is 4.56. The van der Waals surface area contributed by atoms with Crippen molar-refractivity contribution in [3.8, 4) is 0 Å². The quantitative estimate of drug-likeness (QED) is 0.257. The number of aromatic nitrogens is 4. The van der Waals surface area contributed by atoms with E-state index in [1.807, 2.05) is 0 Å². The van der Waals surface area contributed by atoms with Gasteiger partial charge in [-0.15, -0.1) is 0 Å². The number of ether oxygens (including phenoxy) is 1. The fourth-order valence-corrected chi connectivity index (χ4v) is 3.01. The Balaban J connectivity index is 1.89. The summed E-state index contributed by atoms with van der Waals surface area (Å²) in [4.78, 5) is 28.4. The average Bonchev–Trinajstić information content (AvgIpc) is 3.00. The van der Waals surface area contributed by atoms with E-state index in [0.29, 0.717) is 0 Å². The van der Waals surface area contributed by atoms with E-state index in [0.717, 1.165) is 0 Å². The van der Waals surface area contributed by atoms with E-state index >= 15 is 0 Å². The number of thiol groups is 1. The van der Waals surface area contributed by atoms with Crippen molar-refractivity contribution in [1.29, 1.82) is 0 Å². The number of aliphatic hydroxyl groups excluding tert-OH is 1. The molecule has 0 radical (unpaired) electrons. The van der Waals surface area contributed by atoms with Gasteiger partial charge in [-0.3, -0.25) is 9.09 Å². The highest BCUT2D eigenvalue weighted by Crippen LogP contribution is 2.40. The van der Waals surface area contributed by atoms with Gasteiger partial charge in [0, 0.05) is 0 Å². The van der Waals surface area contributed by atoms with Crippen molar-refractivity contribution >= 4 is 37.4 Å². The minimum absolute atomic E-state index is 0.00106. The van der Waals surface area contributed by atoms with Crippen molar-refractivity contribution in [2.75, 3.05) is 12.3 Å². The zero-order chi connectivity index (χ0) is 17.6. The number of nitrogens with two attached hydrogens (primary N) is 1. The summed E-state index contributed by atoms with van der Waals surface area (Å²) in [5, 5.41) is 9.44. The van der Waals surface area contributed by atoms with Crippen LogP contribution in [-0.2, 0) is 13.8 Å². The summed E-state index contributed by atoms with van der Waals surface area (Å²) < 4.78 is 35.3. The molecule has 0 bridgehead atoms. The highest BCUT2D eigenvalue weighted by Gasteiger charge is 2.44. The first-order valence-electron chi connectivity index (χ1n) is 6.54. The first kappa shape index (κ1) is 17.5. The lowest BCUT2D eigenvalue weighted by molar-refractivity contribution is -0.0481. The molecule has 11 nitrogen and oxygen atoms in total. The van der Waals surface area contributed by atoms with Crippen LogP contribution in [0.4, 0.5) is 10.2 Å². The second-order valence-corrected chi connectivity index (χ2v) is 6.87. The molecule has 0 spiro atoms. The predicted molar refractivity (Wildman–Crippen MR) is 80.4 cm³/mol. The lowest BCUT2D eigenvalue weighted by Gasteiger charge is -2.16. The highest BCUT2D eigenvalue weighted by molar-refractivity contribution is 7.81. The number of phosphoric acid groups is 1. The molecule has 0 unspecified atom stereocenters. The Kier molecular flexibility index (Phi) is 4.51. The molecule has 1 fully saturated rings. The molecule has 4 atom stereocenters. The Morgan fingerprint density at radius 2 is 2.21 bits per heavy atom. The first-order chi connectivity index (χ1) is 11.2. The van der Waals surface area contributed by atoms with E-state index in [-0.39, 0.29) is 17.0 Å². The van der Waals surface area contributed by atoms with Crippen molar-refractivity contribution in [2.24, 2.45) is 0 Å². The number of aliphatic hydroxyl groups is 1. The van der Waals surface area contributed by atoms with Crippen LogP contribution in [0.1, 0.15) is 6.23 Å². The number of hydrogen-bond donors (Lipinski definition) is 5. The minimum atomic E-state index is -4.70. The Bertz CT molecular complexity index is 816. The fraction of sp³-hybridized carbons (Fsp3) is 0.500. The minimum Gasteiger partial charge on any atom is -0.387 e. The van der Waals surface area contributed by atoms with Crippen LogP contribution in [0.25, 0.3) is 11.2 Å². The Morgan fingerprint density at radius 3 is 2.88 bits per heavy atom. The summed E-state index contributed by atoms with van der Waals surface area (Å²) in [7, 11) is -4.70. The molecule has 2 aromatic heterocycles. The van der Waals surface area contributed by atoms with Crippen LogP contribution < -0.4 is 5.73 Å². The van der Waals surface area contributed by atoms with E-state index in [1.54, 1.807) is 0 Å². The van der Waals surface area contributed by atoms with E-state index in [1.165, 1.54) is 10.9 Å². The molecule has 2 aromatic rings. The summed E-state index contributed by atoms with van der Waals surface area (Å²) in [6.07, 6.45) is -3.04. The summed E-state index contributed by atoms with van der Waals surface area (Å²) in [6.45, 7) is -0.496. The Morgan fingerprint density at radius 1 is 1.50 bits per heavy atom. The first-order valence-corrected chi connectivity index (χ1v) is 8.59. The Hall–Kier alpha value is -1.34. The van der Waals surface area contributed by atoms with Crippen LogP contribution in [0.3, 0.4) is 0 Å². The maximum absolute atomic E-state index is 13.4. The molecule has 14 heteroatoms. The van der Waals surface area contributed by atoms with Gasteiger partial charge in [-0.1, -0.05) is 0 Å². The van der Waals surface area contributed by atoms with Crippen molar-refractivity contribution in [1.82, 2.24) is 19.5 Å². The summed E-state index contributed by atoms with van der Waals surface area (Å²) in [6, 6.07) is 0. The summed E-state index contributed by atoms with van der Waals surface area (Å²) in [5.41, 5.74) is 5.69. The third kappa shape index (κ3) is 3.24. The van der Waals surface area contributed by atoms with E-state index < -0.39 is 44.2 Å². The molecular formula is C10H13FN5O6PS. The van der Waals surface area contributed by atoms with Gasteiger partial charge < -0.3 is 25.4 Å². The van der Waals surface area contributed by atoms with Crippen molar-refractivity contribution in [2.45, 2.75) is 23.7 Å². The van der Waals surface area contributed by atoms with Crippen LogP contribution in [-0.4, -0.2) is 58.5 Å². The lowest BCUT2D eigenvalue weighted by atomic mass is 10.2. The number of nitrogens with zero attached hydrogens (tertiary/aromatic N) is 4. The number of fused-ring (bicyclic) bond motifs is 1. The van der Waals surface area contributed by atoms with E-state index in [2.05, 4.69) is 32.1 Å². The molecule has 0 aliphatic carbocycles. The number of rotatable bonds is 4. The van der Waals surface area contributed by atoms with Crippen LogP contribution in [0.15, 0.2) is 6.33 Å². The third-order valence-electron chi connectivity index (χ3n) is 3.44. The second-order valence-electron chi connectivity index (χ2n) is 5.03. The lowest BCUT2D eigenvalue weighted by Crippen LogP contribution is -2.29. The van der Waals surface area contributed by atoms with Gasteiger partial charge in [-0.2, -0.15) is 27.0 Å². The van der Waals surface area contributed by atoms with Crippen LogP contribution in [0, 0.1) is 6.08 Å². The molecule has 1 aliphatic heterocycles. The number of phosphoric ester groups is 1. The molecule has 0 amide bonds. The van der Waals surface area contributed by atoms with Crippen molar-refractivity contribution < 1.29 is 33.1 Å². The van der Waals surface area contributed by atoms with Gasteiger partial charge in [0.05, 0.1) is 24.3 Å². The van der Waals surface area contributed by atoms with Gasteiger partial charge in [0.2, 0.25) is 0 Å². The topological polar surface area (TPSA) is 166 Å². The normalized spacial score (nSPS) is 27.9. The largest absolute Gasteiger partial charge is 0.469 e. The van der Waals surface area contributed by atoms with Crippen molar-refractivity contribution in [3.63, 3.8) is 0 Å². The molecule has 1 saturated heterocycles. The van der Waals surface area contributed by atoms with Gasteiger partial charge in [-0.05, 0) is 0 Å². The van der Waals surface area contributed by atoms with Gasteiger partial charge in [0.25, 0.3) is 0 Å². The molecular weight excluding hydrogens is 368 g/mol. The Labute approximate surface area is 139 Å². The van der Waals surface area contributed by atoms with Gasteiger partial charge in [0.1, 0.15) is 6.10 Å². The molecule has 3 rings (SSSR count). The highest BCUT2D eigenvalue weighted by atomic mass is 32.1. The maximum atomic E-state index is 13.4. The van der Waals surface area contributed by atoms with Gasteiger partial charge >= 0.3 is 13.9 Å². The van der Waals surface area contributed by atoms with Gasteiger partial charge in [0.15, 0.2) is 23.2 Å². The molecule has 5 N–H and O–H groups in total.